The molecule has 34 heavy (non-hydrogen) atoms. The largest absolute Gasteiger partial charge is 0.342 e. The molecule has 1 heterocycles. The number of hydrogen-bond acceptors (Lipinski definition) is 4. The van der Waals surface area contributed by atoms with Crippen molar-refractivity contribution >= 4 is 45.9 Å². The number of para-hydroxylation sites is 1. The summed E-state index contributed by atoms with van der Waals surface area (Å²) in [5, 5.41) is 24.7. The Bertz CT molecular complexity index is 1480. The van der Waals surface area contributed by atoms with Crippen LogP contribution in [0, 0.1) is 28.4 Å². The van der Waals surface area contributed by atoms with Crippen LogP contribution in [-0.2, 0) is 11.3 Å². The van der Waals surface area contributed by atoms with Crippen LogP contribution in [0.4, 0.5) is 11.4 Å². The van der Waals surface area contributed by atoms with Crippen LogP contribution in [0.15, 0.2) is 78.5 Å². The number of halogens is 1. The summed E-state index contributed by atoms with van der Waals surface area (Å²) in [7, 11) is 0. The van der Waals surface area contributed by atoms with E-state index in [9.17, 15) is 20.2 Å². The molecule has 0 aliphatic rings. The summed E-state index contributed by atoms with van der Waals surface area (Å²) in [6, 6.07) is 21.2. The van der Waals surface area contributed by atoms with Crippen molar-refractivity contribution in [3.05, 3.63) is 110 Å². The van der Waals surface area contributed by atoms with Crippen molar-refractivity contribution in [2.75, 3.05) is 5.32 Å². The first-order valence-electron chi connectivity index (χ1n) is 10.4. The molecule has 0 saturated carbocycles. The second-order valence-electron chi connectivity index (χ2n) is 7.69. The van der Waals surface area contributed by atoms with Gasteiger partial charge in [-0.15, -0.1) is 0 Å². The SMILES string of the molecule is Cc1c(Cl)cccc1NC(=O)/C(C#N)=C\c1cn(Cc2ccc([N+](=O)[O-])cc2)c2ccccc12. The van der Waals surface area contributed by atoms with Crippen LogP contribution in [-0.4, -0.2) is 15.4 Å². The molecule has 8 heteroatoms. The number of hydrogen-bond donors (Lipinski definition) is 1. The lowest BCUT2D eigenvalue weighted by molar-refractivity contribution is -0.384. The lowest BCUT2D eigenvalue weighted by atomic mass is 10.1. The van der Waals surface area contributed by atoms with Gasteiger partial charge in [0, 0.05) is 52.1 Å². The molecule has 0 saturated heterocycles. The molecule has 0 unspecified atom stereocenters. The third kappa shape index (κ3) is 4.68. The third-order valence-corrected chi connectivity index (χ3v) is 5.91. The van der Waals surface area contributed by atoms with Crippen LogP contribution < -0.4 is 5.32 Å². The first-order chi connectivity index (χ1) is 16.4. The highest BCUT2D eigenvalue weighted by Crippen LogP contribution is 2.26. The molecule has 0 spiro atoms. The van der Waals surface area contributed by atoms with E-state index < -0.39 is 10.8 Å². The molecule has 0 fully saturated rings. The average Bonchev–Trinajstić information content (AvgIpc) is 3.17. The number of nitriles is 1. The maximum Gasteiger partial charge on any atom is 0.269 e. The number of aromatic nitrogens is 1. The van der Waals surface area contributed by atoms with Crippen molar-refractivity contribution in [2.24, 2.45) is 0 Å². The van der Waals surface area contributed by atoms with E-state index in [1.807, 2.05) is 41.1 Å². The van der Waals surface area contributed by atoms with Gasteiger partial charge in [0.1, 0.15) is 11.6 Å². The molecule has 0 radical (unpaired) electrons. The van der Waals surface area contributed by atoms with E-state index >= 15 is 0 Å². The Morgan fingerprint density at radius 2 is 1.88 bits per heavy atom. The molecular weight excluding hydrogens is 452 g/mol. The van der Waals surface area contributed by atoms with Gasteiger partial charge < -0.3 is 9.88 Å². The summed E-state index contributed by atoms with van der Waals surface area (Å²) < 4.78 is 1.98. The smallest absolute Gasteiger partial charge is 0.269 e. The highest BCUT2D eigenvalue weighted by molar-refractivity contribution is 6.31. The number of rotatable bonds is 6. The number of nitro benzene ring substituents is 1. The number of non-ortho nitro benzene ring substituents is 1. The number of fused-ring (bicyclic) bond motifs is 1. The average molecular weight is 471 g/mol. The number of amides is 1. The molecule has 0 aliphatic carbocycles. The van der Waals surface area contributed by atoms with Crippen LogP contribution in [0.5, 0.6) is 0 Å². The maximum absolute atomic E-state index is 12.8. The van der Waals surface area contributed by atoms with Gasteiger partial charge in [0.15, 0.2) is 0 Å². The van der Waals surface area contributed by atoms with Crippen LogP contribution in [0.25, 0.3) is 17.0 Å². The summed E-state index contributed by atoms with van der Waals surface area (Å²) in [6.07, 6.45) is 3.42. The highest BCUT2D eigenvalue weighted by Gasteiger charge is 2.15. The van der Waals surface area contributed by atoms with Crippen molar-refractivity contribution in [2.45, 2.75) is 13.5 Å². The molecule has 0 bridgehead atoms. The predicted molar refractivity (Wildman–Crippen MR) is 133 cm³/mol. The Labute approximate surface area is 200 Å². The fourth-order valence-electron chi connectivity index (χ4n) is 3.68. The Morgan fingerprint density at radius 3 is 2.59 bits per heavy atom. The van der Waals surface area contributed by atoms with Gasteiger partial charge in [-0.25, -0.2) is 0 Å². The normalized spacial score (nSPS) is 11.3. The zero-order valence-electron chi connectivity index (χ0n) is 18.2. The van der Waals surface area contributed by atoms with Crippen LogP contribution >= 0.6 is 11.6 Å². The van der Waals surface area contributed by atoms with Crippen molar-refractivity contribution in [3.8, 4) is 6.07 Å². The molecule has 7 nitrogen and oxygen atoms in total. The zero-order chi connectivity index (χ0) is 24.2. The summed E-state index contributed by atoms with van der Waals surface area (Å²) >= 11 is 6.13. The monoisotopic (exact) mass is 470 g/mol. The summed E-state index contributed by atoms with van der Waals surface area (Å²) in [5.41, 5.74) is 3.76. The second kappa shape index (κ2) is 9.61. The van der Waals surface area contributed by atoms with E-state index in [2.05, 4.69) is 5.32 Å². The molecule has 0 atom stereocenters. The molecule has 4 aromatic rings. The molecule has 1 amide bonds. The Morgan fingerprint density at radius 1 is 1.15 bits per heavy atom. The standard InChI is InChI=1S/C26H19ClN4O3/c1-17-23(27)6-4-7-24(17)29-26(32)19(14-28)13-20-16-30(25-8-3-2-5-22(20)25)15-18-9-11-21(12-10-18)31(33)34/h2-13,16H,15H2,1H3,(H,29,32)/b19-13-. The molecular formula is C26H19ClN4O3. The minimum Gasteiger partial charge on any atom is -0.342 e. The van der Waals surface area contributed by atoms with Gasteiger partial charge in [0.05, 0.1) is 4.92 Å². The summed E-state index contributed by atoms with van der Waals surface area (Å²) in [5.74, 6) is -0.528. The minimum absolute atomic E-state index is 0.0318. The van der Waals surface area contributed by atoms with Crippen molar-refractivity contribution in [1.29, 1.82) is 5.26 Å². The van der Waals surface area contributed by atoms with Gasteiger partial charge in [-0.3, -0.25) is 14.9 Å². The highest BCUT2D eigenvalue weighted by atomic mass is 35.5. The Balaban J connectivity index is 1.67. The molecule has 4 rings (SSSR count). The molecule has 0 aliphatic heterocycles. The fraction of sp³-hybridized carbons (Fsp3) is 0.0769. The first-order valence-corrected chi connectivity index (χ1v) is 10.7. The van der Waals surface area contributed by atoms with Gasteiger partial charge in [0.25, 0.3) is 11.6 Å². The molecule has 168 valence electrons. The zero-order valence-corrected chi connectivity index (χ0v) is 18.9. The number of carbonyl (C=O) groups excluding carboxylic acids is 1. The second-order valence-corrected chi connectivity index (χ2v) is 8.10. The van der Waals surface area contributed by atoms with Crippen LogP contribution in [0.1, 0.15) is 16.7 Å². The Hall–Kier alpha value is -4.41. The summed E-state index contributed by atoms with van der Waals surface area (Å²) in [6.45, 7) is 2.27. The van der Waals surface area contributed by atoms with E-state index in [1.165, 1.54) is 12.1 Å². The number of carbonyl (C=O) groups is 1. The van der Waals surface area contributed by atoms with E-state index in [-0.39, 0.29) is 11.3 Å². The van der Waals surface area contributed by atoms with Crippen molar-refractivity contribution in [3.63, 3.8) is 0 Å². The van der Waals surface area contributed by atoms with Crippen molar-refractivity contribution in [1.82, 2.24) is 4.57 Å². The van der Waals surface area contributed by atoms with Crippen LogP contribution in [0.2, 0.25) is 5.02 Å². The van der Waals surface area contributed by atoms with E-state index in [4.69, 9.17) is 11.6 Å². The minimum atomic E-state index is -0.528. The fourth-order valence-corrected chi connectivity index (χ4v) is 3.85. The van der Waals surface area contributed by atoms with Gasteiger partial charge >= 0.3 is 0 Å². The Kier molecular flexibility index (Phi) is 6.44. The topological polar surface area (TPSA) is 101 Å². The third-order valence-electron chi connectivity index (χ3n) is 5.50. The van der Waals surface area contributed by atoms with E-state index in [1.54, 1.807) is 43.3 Å². The van der Waals surface area contributed by atoms with Crippen LogP contribution in [0.3, 0.4) is 0 Å². The maximum atomic E-state index is 12.8. The van der Waals surface area contributed by atoms with E-state index in [0.29, 0.717) is 22.8 Å². The molecule has 1 aromatic heterocycles. The predicted octanol–water partition coefficient (Wildman–Crippen LogP) is 6.11. The van der Waals surface area contributed by atoms with Gasteiger partial charge in [0.2, 0.25) is 0 Å². The number of benzene rings is 3. The van der Waals surface area contributed by atoms with E-state index in [0.717, 1.165) is 22.0 Å². The molecule has 1 N–H and O–H groups in total. The lowest BCUT2D eigenvalue weighted by Gasteiger charge is -2.08. The van der Waals surface area contributed by atoms with Gasteiger partial charge in [-0.1, -0.05) is 48.0 Å². The lowest BCUT2D eigenvalue weighted by Crippen LogP contribution is -2.14. The van der Waals surface area contributed by atoms with Gasteiger partial charge in [-0.05, 0) is 42.3 Å². The number of nitrogens with one attached hydrogen (secondary N) is 1. The number of nitrogens with zero attached hydrogens (tertiary/aromatic N) is 3. The quantitative estimate of drug-likeness (QED) is 0.159. The number of nitro groups is 1. The first kappa shape index (κ1) is 22.8. The number of anilines is 1. The summed E-state index contributed by atoms with van der Waals surface area (Å²) in [4.78, 5) is 23.3. The molecule has 3 aromatic carbocycles. The van der Waals surface area contributed by atoms with Crippen molar-refractivity contribution < 1.29 is 9.72 Å². The van der Waals surface area contributed by atoms with Gasteiger partial charge in [-0.2, -0.15) is 5.26 Å².